The predicted octanol–water partition coefficient (Wildman–Crippen LogP) is 5.24. The van der Waals surface area contributed by atoms with Gasteiger partial charge in [-0.05, 0) is 48.6 Å². The summed E-state index contributed by atoms with van der Waals surface area (Å²) in [5.41, 5.74) is 2.58. The summed E-state index contributed by atoms with van der Waals surface area (Å²) in [6.07, 6.45) is 2.23. The third kappa shape index (κ3) is 4.37. The molecule has 172 valence electrons. The van der Waals surface area contributed by atoms with Crippen molar-refractivity contribution in [3.05, 3.63) is 35.0 Å². The van der Waals surface area contributed by atoms with Gasteiger partial charge >= 0.3 is 0 Å². The second-order valence-electron chi connectivity index (χ2n) is 8.94. The Morgan fingerprint density at radius 2 is 2.00 bits per heavy atom. The first-order chi connectivity index (χ1) is 15.4. The molecule has 7 nitrogen and oxygen atoms in total. The lowest BCUT2D eigenvalue weighted by Crippen LogP contribution is -2.36. The van der Waals surface area contributed by atoms with Crippen molar-refractivity contribution in [2.75, 3.05) is 24.3 Å². The number of benzene rings is 1. The zero-order chi connectivity index (χ0) is 22.9. The molecule has 0 fully saturated rings. The van der Waals surface area contributed by atoms with Gasteiger partial charge in [0, 0.05) is 17.7 Å². The molecule has 0 saturated heterocycles. The van der Waals surface area contributed by atoms with Crippen LogP contribution in [-0.2, 0) is 4.79 Å². The van der Waals surface area contributed by atoms with Gasteiger partial charge in [-0.1, -0.05) is 45.5 Å². The van der Waals surface area contributed by atoms with Crippen molar-refractivity contribution in [3.8, 4) is 11.5 Å². The molecule has 1 aliphatic heterocycles. The lowest BCUT2D eigenvalue weighted by molar-refractivity contribution is -0.118. The number of nitrogens with one attached hydrogen (secondary N) is 1. The number of Topliss-reactive ketones (excluding diaryl/α,β-unsaturated/α-hetero) is 1. The van der Waals surface area contributed by atoms with Crippen LogP contribution in [0.5, 0.6) is 11.5 Å². The minimum atomic E-state index is -0.344. The monoisotopic (exact) mass is 456 g/mol. The van der Waals surface area contributed by atoms with Crippen LogP contribution in [-0.4, -0.2) is 39.5 Å². The third-order valence-electron chi connectivity index (χ3n) is 5.63. The largest absolute Gasteiger partial charge is 0.490 e. The maximum Gasteiger partial charge on any atom is 0.227 e. The van der Waals surface area contributed by atoms with E-state index >= 15 is 0 Å². The van der Waals surface area contributed by atoms with Crippen molar-refractivity contribution in [1.82, 2.24) is 14.8 Å². The molecule has 1 unspecified atom stereocenters. The van der Waals surface area contributed by atoms with E-state index in [4.69, 9.17) is 19.6 Å². The first-order valence-electron chi connectivity index (χ1n) is 11.4. The summed E-state index contributed by atoms with van der Waals surface area (Å²) in [5, 5.41) is 8.88. The molecular formula is C24H32N4O3S. The van der Waals surface area contributed by atoms with E-state index < -0.39 is 0 Å². The molecular weight excluding hydrogens is 424 g/mol. The van der Waals surface area contributed by atoms with Crippen LogP contribution >= 0.6 is 11.8 Å². The van der Waals surface area contributed by atoms with E-state index in [1.807, 2.05) is 29.8 Å². The van der Waals surface area contributed by atoms with Crippen molar-refractivity contribution >= 4 is 23.5 Å². The zero-order valence-electron chi connectivity index (χ0n) is 19.5. The first kappa shape index (κ1) is 22.7. The Bertz CT molecular complexity index is 1040. The SMILES string of the molecule is CCCOc1ccc(C2C3=C(CC(C)(C)CC3=O)Nc3nc(SCC)nn32)cc1OCC. The van der Waals surface area contributed by atoms with Crippen LogP contribution in [0, 0.1) is 5.41 Å². The number of rotatable bonds is 8. The molecule has 0 bridgehead atoms. The van der Waals surface area contributed by atoms with Gasteiger partial charge < -0.3 is 14.8 Å². The van der Waals surface area contributed by atoms with Gasteiger partial charge in [0.1, 0.15) is 6.04 Å². The fourth-order valence-electron chi connectivity index (χ4n) is 4.38. The Morgan fingerprint density at radius 1 is 1.19 bits per heavy atom. The molecule has 1 aromatic heterocycles. The predicted molar refractivity (Wildman–Crippen MR) is 127 cm³/mol. The Hall–Kier alpha value is -2.48. The van der Waals surface area contributed by atoms with Gasteiger partial charge in [-0.2, -0.15) is 4.98 Å². The Morgan fingerprint density at radius 3 is 2.72 bits per heavy atom. The zero-order valence-corrected chi connectivity index (χ0v) is 20.3. The molecule has 4 rings (SSSR count). The summed E-state index contributed by atoms with van der Waals surface area (Å²) in [7, 11) is 0. The van der Waals surface area contributed by atoms with Gasteiger partial charge in [0.05, 0.1) is 13.2 Å². The highest BCUT2D eigenvalue weighted by Gasteiger charge is 2.42. The summed E-state index contributed by atoms with van der Waals surface area (Å²) in [6, 6.07) is 5.59. The van der Waals surface area contributed by atoms with Crippen LogP contribution in [0.3, 0.4) is 0 Å². The normalized spacial score (nSPS) is 19.3. The lowest BCUT2D eigenvalue weighted by atomic mass is 9.73. The van der Waals surface area contributed by atoms with Gasteiger partial charge in [-0.15, -0.1) is 5.10 Å². The van der Waals surface area contributed by atoms with E-state index in [2.05, 4.69) is 33.0 Å². The minimum Gasteiger partial charge on any atom is -0.490 e. The summed E-state index contributed by atoms with van der Waals surface area (Å²) in [5.74, 6) is 3.12. The van der Waals surface area contributed by atoms with E-state index in [1.54, 1.807) is 11.8 Å². The van der Waals surface area contributed by atoms with Crippen LogP contribution in [0.25, 0.3) is 0 Å². The molecule has 2 aromatic rings. The molecule has 0 amide bonds. The van der Waals surface area contributed by atoms with Gasteiger partial charge in [-0.25, -0.2) is 4.68 Å². The number of carbonyl (C=O) groups excluding carboxylic acids is 1. The number of hydrogen-bond acceptors (Lipinski definition) is 7. The molecule has 32 heavy (non-hydrogen) atoms. The first-order valence-corrected chi connectivity index (χ1v) is 12.4. The van der Waals surface area contributed by atoms with Crippen LogP contribution in [0.2, 0.25) is 0 Å². The number of ether oxygens (including phenoxy) is 2. The summed E-state index contributed by atoms with van der Waals surface area (Å²) in [6.45, 7) is 11.5. The second-order valence-corrected chi connectivity index (χ2v) is 10.2. The van der Waals surface area contributed by atoms with E-state index in [0.717, 1.165) is 41.2 Å². The maximum absolute atomic E-state index is 13.4. The van der Waals surface area contributed by atoms with Crippen LogP contribution in [0.1, 0.15) is 65.5 Å². The fourth-order valence-corrected chi connectivity index (χ4v) is 4.94. The highest BCUT2D eigenvalue weighted by Crippen LogP contribution is 2.46. The van der Waals surface area contributed by atoms with E-state index in [1.165, 1.54) is 0 Å². The molecule has 2 aliphatic rings. The lowest BCUT2D eigenvalue weighted by Gasteiger charge is -2.38. The van der Waals surface area contributed by atoms with Gasteiger partial charge in [0.15, 0.2) is 17.3 Å². The number of nitrogens with zero attached hydrogens (tertiary/aromatic N) is 3. The molecule has 0 radical (unpaired) electrons. The van der Waals surface area contributed by atoms with E-state index in [9.17, 15) is 4.79 Å². The number of hydrogen-bond donors (Lipinski definition) is 1. The van der Waals surface area contributed by atoms with Crippen molar-refractivity contribution in [2.45, 2.75) is 65.1 Å². The molecule has 0 saturated carbocycles. The van der Waals surface area contributed by atoms with Crippen molar-refractivity contribution < 1.29 is 14.3 Å². The summed E-state index contributed by atoms with van der Waals surface area (Å²) in [4.78, 5) is 18.1. The number of allylic oxidation sites excluding steroid dienone is 2. The summed E-state index contributed by atoms with van der Waals surface area (Å²) >= 11 is 1.59. The highest BCUT2D eigenvalue weighted by molar-refractivity contribution is 7.99. The maximum atomic E-state index is 13.4. The average Bonchev–Trinajstić information content (AvgIpc) is 3.13. The number of thioether (sulfide) groups is 1. The number of anilines is 1. The Balaban J connectivity index is 1.83. The number of ketones is 1. The molecule has 1 N–H and O–H groups in total. The molecule has 1 aromatic carbocycles. The average molecular weight is 457 g/mol. The molecule has 2 heterocycles. The molecule has 0 spiro atoms. The van der Waals surface area contributed by atoms with Crippen LogP contribution in [0.4, 0.5) is 5.95 Å². The van der Waals surface area contributed by atoms with Crippen LogP contribution < -0.4 is 14.8 Å². The number of carbonyl (C=O) groups is 1. The van der Waals surface area contributed by atoms with Crippen LogP contribution in [0.15, 0.2) is 34.6 Å². The van der Waals surface area contributed by atoms with Gasteiger partial charge in [0.2, 0.25) is 11.1 Å². The smallest absolute Gasteiger partial charge is 0.227 e. The quantitative estimate of drug-likeness (QED) is 0.545. The van der Waals surface area contributed by atoms with Crippen molar-refractivity contribution in [1.29, 1.82) is 0 Å². The van der Waals surface area contributed by atoms with Crippen molar-refractivity contribution in [3.63, 3.8) is 0 Å². The second kappa shape index (κ2) is 9.17. The third-order valence-corrected chi connectivity index (χ3v) is 6.35. The molecule has 1 aliphatic carbocycles. The standard InChI is InChI=1S/C24H32N4O3S/c1-6-11-31-18-10-9-15(12-19(18)30-7-2)21-20-16(13-24(4,5)14-17(20)29)25-22-26-23(32-8-3)27-28(21)22/h9-10,12,21H,6-8,11,13-14H2,1-5H3,(H,25,26,27). The molecule has 8 heteroatoms. The number of fused-ring (bicyclic) bond motifs is 1. The Labute approximate surface area is 194 Å². The molecule has 1 atom stereocenters. The Kier molecular flexibility index (Phi) is 6.51. The highest BCUT2D eigenvalue weighted by atomic mass is 32.2. The van der Waals surface area contributed by atoms with Gasteiger partial charge in [0.25, 0.3) is 0 Å². The van der Waals surface area contributed by atoms with Crippen molar-refractivity contribution in [2.24, 2.45) is 5.41 Å². The minimum absolute atomic E-state index is 0.0923. The van der Waals surface area contributed by atoms with Gasteiger partial charge in [-0.3, -0.25) is 4.79 Å². The number of aromatic nitrogens is 3. The van der Waals surface area contributed by atoms with E-state index in [0.29, 0.717) is 36.5 Å². The van der Waals surface area contributed by atoms with E-state index in [-0.39, 0.29) is 17.2 Å². The summed E-state index contributed by atoms with van der Waals surface area (Å²) < 4.78 is 13.6. The fraction of sp³-hybridized carbons (Fsp3) is 0.542. The topological polar surface area (TPSA) is 78.3 Å².